The Balaban J connectivity index is 1.67. The monoisotopic (exact) mass is 274 g/mol. The van der Waals surface area contributed by atoms with Crippen molar-refractivity contribution in [3.8, 4) is 10.6 Å². The van der Waals surface area contributed by atoms with Crippen LogP contribution in [0.25, 0.3) is 10.6 Å². The first-order valence-electron chi connectivity index (χ1n) is 6.74. The molecule has 0 unspecified atom stereocenters. The maximum atomic E-state index is 4.26. The summed E-state index contributed by atoms with van der Waals surface area (Å²) in [7, 11) is 0. The molecule has 1 heterocycles. The number of rotatable bonds is 4. The van der Waals surface area contributed by atoms with Crippen LogP contribution in [0.15, 0.2) is 24.3 Å². The third-order valence-electron chi connectivity index (χ3n) is 3.54. The summed E-state index contributed by atoms with van der Waals surface area (Å²) in [6.07, 6.45) is 5.14. The molecule has 1 aliphatic carbocycles. The Hall–Kier alpha value is -1.46. The van der Waals surface area contributed by atoms with Crippen LogP contribution in [-0.4, -0.2) is 16.2 Å². The van der Waals surface area contributed by atoms with Crippen LogP contribution in [0, 0.1) is 6.92 Å². The summed E-state index contributed by atoms with van der Waals surface area (Å²) in [5.41, 5.74) is 8.92. The lowest BCUT2D eigenvalue weighted by atomic mass is 10.1. The van der Waals surface area contributed by atoms with Gasteiger partial charge in [0.05, 0.1) is 0 Å². The van der Waals surface area contributed by atoms with E-state index in [4.69, 9.17) is 0 Å². The van der Waals surface area contributed by atoms with Crippen molar-refractivity contribution < 1.29 is 0 Å². The molecule has 0 saturated heterocycles. The zero-order chi connectivity index (χ0) is 13.1. The van der Waals surface area contributed by atoms with E-state index in [1.807, 2.05) is 12.1 Å². The third kappa shape index (κ3) is 2.93. The van der Waals surface area contributed by atoms with Gasteiger partial charge in [0.25, 0.3) is 0 Å². The number of nitrogens with one attached hydrogen (secondary N) is 2. The van der Waals surface area contributed by atoms with Crippen LogP contribution in [0.2, 0.25) is 0 Å². The van der Waals surface area contributed by atoms with Gasteiger partial charge in [0.2, 0.25) is 5.13 Å². The number of anilines is 1. The molecule has 1 aromatic carbocycles. The molecule has 2 aromatic rings. The van der Waals surface area contributed by atoms with Gasteiger partial charge in [0.1, 0.15) is 5.01 Å². The second-order valence-electron chi connectivity index (χ2n) is 4.98. The Morgan fingerprint density at radius 2 is 1.95 bits per heavy atom. The van der Waals surface area contributed by atoms with E-state index < -0.39 is 0 Å². The first-order chi connectivity index (χ1) is 9.33. The normalized spacial score (nSPS) is 15.8. The molecule has 19 heavy (non-hydrogen) atoms. The van der Waals surface area contributed by atoms with E-state index in [1.54, 1.807) is 11.3 Å². The zero-order valence-electron chi connectivity index (χ0n) is 11.0. The highest BCUT2D eigenvalue weighted by Crippen LogP contribution is 2.28. The summed E-state index contributed by atoms with van der Waals surface area (Å²) in [5.74, 6) is 0. The number of benzene rings is 1. The molecule has 0 radical (unpaired) electrons. The van der Waals surface area contributed by atoms with Crippen LogP contribution >= 0.6 is 11.3 Å². The highest BCUT2D eigenvalue weighted by Gasteiger charge is 2.15. The molecule has 0 bridgehead atoms. The molecule has 3 rings (SSSR count). The topological polar surface area (TPSA) is 49.8 Å². The Labute approximate surface area is 117 Å². The van der Waals surface area contributed by atoms with Gasteiger partial charge < -0.3 is 0 Å². The van der Waals surface area contributed by atoms with Crippen LogP contribution in [0.4, 0.5) is 5.13 Å². The van der Waals surface area contributed by atoms with Crippen molar-refractivity contribution in [2.45, 2.75) is 38.6 Å². The fourth-order valence-corrected chi connectivity index (χ4v) is 3.22. The maximum absolute atomic E-state index is 4.26. The number of aryl methyl sites for hydroxylation is 1. The molecule has 1 fully saturated rings. The van der Waals surface area contributed by atoms with Crippen LogP contribution in [0.5, 0.6) is 0 Å². The number of hydrazine groups is 1. The van der Waals surface area contributed by atoms with Crippen LogP contribution < -0.4 is 10.9 Å². The minimum absolute atomic E-state index is 0.575. The highest BCUT2D eigenvalue weighted by atomic mass is 32.1. The van der Waals surface area contributed by atoms with Gasteiger partial charge in [0, 0.05) is 11.6 Å². The van der Waals surface area contributed by atoms with Crippen molar-refractivity contribution in [1.82, 2.24) is 15.6 Å². The molecule has 1 saturated carbocycles. The molecule has 2 N–H and O–H groups in total. The van der Waals surface area contributed by atoms with E-state index in [0.29, 0.717) is 6.04 Å². The lowest BCUT2D eigenvalue weighted by Crippen LogP contribution is -2.31. The lowest BCUT2D eigenvalue weighted by molar-refractivity contribution is 0.576. The first-order valence-corrected chi connectivity index (χ1v) is 7.55. The number of hydrogen-bond donors (Lipinski definition) is 2. The Morgan fingerprint density at radius 3 is 2.74 bits per heavy atom. The van der Waals surface area contributed by atoms with Crippen LogP contribution in [0.3, 0.4) is 0 Å². The van der Waals surface area contributed by atoms with Crippen molar-refractivity contribution in [3.05, 3.63) is 29.8 Å². The van der Waals surface area contributed by atoms with Crippen molar-refractivity contribution in [1.29, 1.82) is 0 Å². The Kier molecular flexibility index (Phi) is 3.75. The second-order valence-corrected chi connectivity index (χ2v) is 5.96. The molecule has 1 aliphatic rings. The van der Waals surface area contributed by atoms with E-state index in [0.717, 1.165) is 15.7 Å². The van der Waals surface area contributed by atoms with Gasteiger partial charge >= 0.3 is 0 Å². The minimum Gasteiger partial charge on any atom is -0.295 e. The van der Waals surface area contributed by atoms with Gasteiger partial charge in [-0.2, -0.15) is 0 Å². The van der Waals surface area contributed by atoms with Gasteiger partial charge in [-0.1, -0.05) is 48.4 Å². The molecule has 0 amide bonds. The zero-order valence-corrected chi connectivity index (χ0v) is 11.8. The van der Waals surface area contributed by atoms with Crippen molar-refractivity contribution >= 4 is 16.5 Å². The molecular formula is C14H18N4S. The molecule has 100 valence electrons. The van der Waals surface area contributed by atoms with E-state index in [1.165, 1.54) is 31.2 Å². The molecule has 5 heteroatoms. The summed E-state index contributed by atoms with van der Waals surface area (Å²) in [4.78, 5) is 0. The maximum Gasteiger partial charge on any atom is 0.220 e. The van der Waals surface area contributed by atoms with E-state index >= 15 is 0 Å². The number of aromatic nitrogens is 2. The summed E-state index contributed by atoms with van der Waals surface area (Å²) in [6.45, 7) is 2.10. The smallest absolute Gasteiger partial charge is 0.220 e. The summed E-state index contributed by atoms with van der Waals surface area (Å²) in [5, 5.41) is 10.3. The highest BCUT2D eigenvalue weighted by molar-refractivity contribution is 7.18. The molecular weight excluding hydrogens is 256 g/mol. The van der Waals surface area contributed by atoms with Crippen molar-refractivity contribution in [2.75, 3.05) is 5.43 Å². The van der Waals surface area contributed by atoms with Gasteiger partial charge in [-0.15, -0.1) is 10.2 Å². The molecule has 0 spiro atoms. The van der Waals surface area contributed by atoms with E-state index in [-0.39, 0.29) is 0 Å². The summed E-state index contributed by atoms with van der Waals surface area (Å²) >= 11 is 1.59. The molecule has 4 nitrogen and oxygen atoms in total. The van der Waals surface area contributed by atoms with E-state index in [9.17, 15) is 0 Å². The van der Waals surface area contributed by atoms with Crippen molar-refractivity contribution in [2.24, 2.45) is 0 Å². The van der Waals surface area contributed by atoms with Crippen molar-refractivity contribution in [3.63, 3.8) is 0 Å². The minimum atomic E-state index is 0.575. The van der Waals surface area contributed by atoms with Crippen LogP contribution in [-0.2, 0) is 0 Å². The first kappa shape index (κ1) is 12.6. The van der Waals surface area contributed by atoms with Gasteiger partial charge in [-0.3, -0.25) is 5.43 Å². The average molecular weight is 274 g/mol. The molecule has 0 atom stereocenters. The SMILES string of the molecule is Cc1ccccc1-c1nnc(NNC2CCCC2)s1. The van der Waals surface area contributed by atoms with Gasteiger partial charge in [0.15, 0.2) is 0 Å². The fourth-order valence-electron chi connectivity index (χ4n) is 2.43. The van der Waals surface area contributed by atoms with Crippen LogP contribution in [0.1, 0.15) is 31.2 Å². The standard InChI is InChI=1S/C14H18N4S/c1-10-6-2-5-9-12(10)13-16-18-14(19-13)17-15-11-7-3-4-8-11/h2,5-6,9,11,15H,3-4,7-8H2,1H3,(H,17,18). The van der Waals surface area contributed by atoms with Gasteiger partial charge in [-0.25, -0.2) is 5.43 Å². The van der Waals surface area contributed by atoms with Gasteiger partial charge in [-0.05, 0) is 25.3 Å². The summed E-state index contributed by atoms with van der Waals surface area (Å²) in [6, 6.07) is 8.84. The Bertz CT molecular complexity index is 546. The molecule has 0 aliphatic heterocycles. The van der Waals surface area contributed by atoms with E-state index in [2.05, 4.69) is 40.1 Å². The summed E-state index contributed by atoms with van der Waals surface area (Å²) < 4.78 is 0. The fraction of sp³-hybridized carbons (Fsp3) is 0.429. The predicted octanol–water partition coefficient (Wildman–Crippen LogP) is 3.37. The number of nitrogens with zero attached hydrogens (tertiary/aromatic N) is 2. The average Bonchev–Trinajstić information content (AvgIpc) is 3.08. The second kappa shape index (κ2) is 5.67. The Morgan fingerprint density at radius 1 is 1.16 bits per heavy atom. The lowest BCUT2D eigenvalue weighted by Gasteiger charge is -2.10. The number of hydrogen-bond acceptors (Lipinski definition) is 5. The molecule has 1 aromatic heterocycles. The third-order valence-corrected chi connectivity index (χ3v) is 4.41. The predicted molar refractivity (Wildman–Crippen MR) is 79.1 cm³/mol. The quantitative estimate of drug-likeness (QED) is 0.839. The largest absolute Gasteiger partial charge is 0.295 e.